The third kappa shape index (κ3) is 2.67. The molecule has 2 aliphatic heterocycles. The minimum atomic E-state index is 0.121. The van der Waals surface area contributed by atoms with Crippen molar-refractivity contribution in [1.29, 1.82) is 0 Å². The first kappa shape index (κ1) is 19.7. The number of fused-ring (bicyclic) bond motifs is 12. The van der Waals surface area contributed by atoms with Gasteiger partial charge in [0, 0.05) is 22.5 Å². The van der Waals surface area contributed by atoms with Crippen LogP contribution in [0.15, 0.2) is 133 Å². The van der Waals surface area contributed by atoms with E-state index < -0.39 is 0 Å². The largest absolute Gasteiger partial charge is 0.376 e. The van der Waals surface area contributed by atoms with Crippen LogP contribution in [-0.4, -0.2) is 6.85 Å². The average molecular weight is 455 g/mol. The molecule has 8 rings (SSSR count). The number of hydrogen-bond acceptors (Lipinski definition) is 1. The molecular weight excluding hydrogens is 433 g/mol. The van der Waals surface area contributed by atoms with E-state index in [-0.39, 0.29) is 6.85 Å². The highest BCUT2D eigenvalue weighted by molar-refractivity contribution is 6.92. The fourth-order valence-electron chi connectivity index (χ4n) is 6.34. The van der Waals surface area contributed by atoms with Gasteiger partial charge < -0.3 is 4.81 Å². The summed E-state index contributed by atoms with van der Waals surface area (Å²) in [7, 11) is 0. The molecule has 0 bridgehead atoms. The summed E-state index contributed by atoms with van der Waals surface area (Å²) >= 11 is 0. The number of hydrogen-bond donors (Lipinski definition) is 0. The summed E-state index contributed by atoms with van der Waals surface area (Å²) in [5.41, 5.74) is 13.1. The maximum atomic E-state index is 2.56. The molecule has 0 radical (unpaired) electrons. The Hall–Kier alpha value is -4.56. The first-order valence-electron chi connectivity index (χ1n) is 12.6. The van der Waals surface area contributed by atoms with Gasteiger partial charge in [-0.3, -0.25) is 0 Å². The minimum Gasteiger partial charge on any atom is -0.376 e. The fraction of sp³-hybridized carbons (Fsp3) is 0. The lowest BCUT2D eigenvalue weighted by Crippen LogP contribution is -2.59. The van der Waals surface area contributed by atoms with Crippen molar-refractivity contribution in [2.75, 3.05) is 4.81 Å². The average Bonchev–Trinajstić information content (AvgIpc) is 2.96. The van der Waals surface area contributed by atoms with Crippen molar-refractivity contribution in [3.8, 4) is 33.4 Å². The van der Waals surface area contributed by atoms with Crippen LogP contribution < -0.4 is 15.7 Å². The molecule has 1 nitrogen and oxygen atoms in total. The summed E-state index contributed by atoms with van der Waals surface area (Å²) in [6.45, 7) is 0.121. The maximum Gasteiger partial charge on any atom is 0.329 e. The topological polar surface area (TPSA) is 3.24 Å². The molecule has 0 N–H and O–H groups in total. The number of para-hydroxylation sites is 2. The Bertz CT molecular complexity index is 1810. The Morgan fingerprint density at radius 3 is 1.81 bits per heavy atom. The first-order valence-corrected chi connectivity index (χ1v) is 12.6. The molecule has 0 amide bonds. The van der Waals surface area contributed by atoms with Crippen LogP contribution >= 0.6 is 0 Å². The van der Waals surface area contributed by atoms with Crippen molar-refractivity contribution in [1.82, 2.24) is 0 Å². The number of rotatable bonds is 1. The van der Waals surface area contributed by atoms with E-state index in [0.717, 1.165) is 0 Å². The molecule has 2 aliphatic rings. The van der Waals surface area contributed by atoms with Gasteiger partial charge in [-0.05, 0) is 56.1 Å². The quantitative estimate of drug-likeness (QED) is 0.233. The van der Waals surface area contributed by atoms with E-state index in [0.29, 0.717) is 0 Å². The van der Waals surface area contributed by atoms with Crippen LogP contribution in [0, 0.1) is 0 Å². The highest BCUT2D eigenvalue weighted by atomic mass is 15.1. The van der Waals surface area contributed by atoms with Crippen molar-refractivity contribution in [2.24, 2.45) is 0 Å². The monoisotopic (exact) mass is 455 g/mol. The number of nitrogens with zero attached hydrogens (tertiary/aromatic N) is 1. The molecule has 6 aromatic rings. The molecule has 6 aromatic carbocycles. The van der Waals surface area contributed by atoms with E-state index in [1.165, 1.54) is 66.5 Å². The highest BCUT2D eigenvalue weighted by Gasteiger charge is 2.41. The molecule has 0 unspecified atom stereocenters. The summed E-state index contributed by atoms with van der Waals surface area (Å²) in [6.07, 6.45) is 0. The van der Waals surface area contributed by atoms with Crippen LogP contribution in [0.1, 0.15) is 0 Å². The Morgan fingerprint density at radius 1 is 0.417 bits per heavy atom. The van der Waals surface area contributed by atoms with Crippen LogP contribution in [0.3, 0.4) is 0 Å². The Labute approximate surface area is 211 Å². The maximum absolute atomic E-state index is 2.56. The zero-order valence-electron chi connectivity index (χ0n) is 19.7. The van der Waals surface area contributed by atoms with Crippen LogP contribution in [0.4, 0.5) is 11.4 Å². The van der Waals surface area contributed by atoms with Crippen molar-refractivity contribution < 1.29 is 0 Å². The van der Waals surface area contributed by atoms with Gasteiger partial charge in [0.1, 0.15) is 0 Å². The van der Waals surface area contributed by atoms with Crippen LogP contribution in [0.25, 0.3) is 44.2 Å². The Morgan fingerprint density at radius 2 is 1.00 bits per heavy atom. The van der Waals surface area contributed by atoms with Crippen molar-refractivity contribution >= 4 is 39.9 Å². The fourth-order valence-corrected chi connectivity index (χ4v) is 6.34. The van der Waals surface area contributed by atoms with Gasteiger partial charge in [0.15, 0.2) is 0 Å². The van der Waals surface area contributed by atoms with Gasteiger partial charge in [0.2, 0.25) is 0 Å². The summed E-state index contributed by atoms with van der Waals surface area (Å²) in [6, 6.07) is 49.0. The Balaban J connectivity index is 1.45. The van der Waals surface area contributed by atoms with E-state index in [4.69, 9.17) is 0 Å². The van der Waals surface area contributed by atoms with Gasteiger partial charge in [-0.15, -0.1) is 0 Å². The lowest BCUT2D eigenvalue weighted by molar-refractivity contribution is 1.35. The van der Waals surface area contributed by atoms with Gasteiger partial charge in [-0.25, -0.2) is 0 Å². The third-order valence-corrected chi connectivity index (χ3v) is 7.87. The normalized spacial score (nSPS) is 12.9. The van der Waals surface area contributed by atoms with Gasteiger partial charge in [-0.1, -0.05) is 121 Å². The zero-order valence-corrected chi connectivity index (χ0v) is 19.7. The summed E-state index contributed by atoms with van der Waals surface area (Å²) in [5, 5.41) is 2.57. The van der Waals surface area contributed by atoms with Crippen LogP contribution in [-0.2, 0) is 0 Å². The second-order valence-electron chi connectivity index (χ2n) is 9.72. The van der Waals surface area contributed by atoms with Gasteiger partial charge in [0.05, 0.1) is 0 Å². The standard InChI is InChI=1S/C34H22BN/c1-2-12-25-23(10-1)11-9-16-26(25)24-20-21-28-30-15-5-8-19-34(30)36-33-18-7-4-14-29(33)27-13-3-6-17-31(27)35(36)32(28)22-24/h1-22H. The molecule has 2 heteroatoms. The molecule has 0 aromatic heterocycles. The molecule has 0 fully saturated rings. The van der Waals surface area contributed by atoms with Gasteiger partial charge in [0.25, 0.3) is 0 Å². The van der Waals surface area contributed by atoms with Crippen molar-refractivity contribution in [2.45, 2.75) is 0 Å². The second-order valence-corrected chi connectivity index (χ2v) is 9.72. The summed E-state index contributed by atoms with van der Waals surface area (Å²) < 4.78 is 0. The van der Waals surface area contributed by atoms with Crippen LogP contribution in [0.5, 0.6) is 0 Å². The molecule has 0 aliphatic carbocycles. The second kappa shape index (κ2) is 7.47. The van der Waals surface area contributed by atoms with Crippen LogP contribution in [0.2, 0.25) is 0 Å². The molecule has 0 atom stereocenters. The Kier molecular flexibility index (Phi) is 4.09. The zero-order chi connectivity index (χ0) is 23.6. The van der Waals surface area contributed by atoms with E-state index >= 15 is 0 Å². The van der Waals surface area contributed by atoms with E-state index in [1.54, 1.807) is 0 Å². The van der Waals surface area contributed by atoms with E-state index in [9.17, 15) is 0 Å². The van der Waals surface area contributed by atoms with Gasteiger partial charge in [-0.2, -0.15) is 0 Å². The molecule has 0 spiro atoms. The summed E-state index contributed by atoms with van der Waals surface area (Å²) in [4.78, 5) is 2.56. The summed E-state index contributed by atoms with van der Waals surface area (Å²) in [5.74, 6) is 0. The SMILES string of the molecule is c1ccc2c(c1)B1c3cc(-c4cccc5ccccc45)ccc3-c3ccccc3N1c1ccccc1-2. The predicted molar refractivity (Wildman–Crippen MR) is 154 cm³/mol. The third-order valence-electron chi connectivity index (χ3n) is 7.87. The lowest BCUT2D eigenvalue weighted by Gasteiger charge is -2.43. The molecular formula is C34H22BN. The molecule has 36 heavy (non-hydrogen) atoms. The first-order chi connectivity index (χ1) is 17.9. The smallest absolute Gasteiger partial charge is 0.329 e. The van der Waals surface area contributed by atoms with Gasteiger partial charge >= 0.3 is 6.85 Å². The molecule has 166 valence electrons. The highest BCUT2D eigenvalue weighted by Crippen LogP contribution is 2.46. The van der Waals surface area contributed by atoms with Crippen molar-refractivity contribution in [3.63, 3.8) is 0 Å². The van der Waals surface area contributed by atoms with E-state index in [1.807, 2.05) is 0 Å². The van der Waals surface area contributed by atoms with Crippen molar-refractivity contribution in [3.05, 3.63) is 133 Å². The lowest BCUT2D eigenvalue weighted by atomic mass is 9.43. The molecule has 0 saturated carbocycles. The minimum absolute atomic E-state index is 0.121. The van der Waals surface area contributed by atoms with E-state index in [2.05, 4.69) is 138 Å². The number of anilines is 2. The molecule has 2 heterocycles. The predicted octanol–water partition coefficient (Wildman–Crippen LogP) is 7.41. The molecule has 0 saturated heterocycles. The number of benzene rings is 6.